The van der Waals surface area contributed by atoms with Gasteiger partial charge in [-0.15, -0.1) is 0 Å². The minimum Gasteiger partial charge on any atom is -0.389 e. The number of para-hydroxylation sites is 1. The Balaban J connectivity index is 1.98. The number of anilines is 1. The first-order valence-corrected chi connectivity index (χ1v) is 8.84. The minimum absolute atomic E-state index is 0.0690. The maximum Gasteiger partial charge on any atom is 0.267 e. The summed E-state index contributed by atoms with van der Waals surface area (Å²) >= 11 is 0. The highest BCUT2D eigenvalue weighted by atomic mass is 16.1. The van der Waals surface area contributed by atoms with Crippen molar-refractivity contribution in [3.63, 3.8) is 0 Å². The number of hydrogen-bond donors (Lipinski definition) is 2. The van der Waals surface area contributed by atoms with Gasteiger partial charge in [0.15, 0.2) is 0 Å². The molecule has 4 heteroatoms. The molecule has 0 saturated heterocycles. The molecule has 0 saturated carbocycles. The molecule has 1 amide bonds. The van der Waals surface area contributed by atoms with E-state index in [1.807, 2.05) is 44.2 Å². The predicted octanol–water partition coefficient (Wildman–Crippen LogP) is 4.04. The molecule has 2 aromatic carbocycles. The van der Waals surface area contributed by atoms with Gasteiger partial charge in [-0.3, -0.25) is 4.79 Å². The summed E-state index contributed by atoms with van der Waals surface area (Å²) in [7, 11) is 0. The first kappa shape index (κ1) is 19.3. The highest BCUT2D eigenvalue weighted by Gasteiger charge is 2.12. The van der Waals surface area contributed by atoms with Crippen molar-refractivity contribution in [2.75, 3.05) is 11.9 Å². The molecule has 0 unspecified atom stereocenters. The molecule has 0 aliphatic carbocycles. The Morgan fingerprint density at radius 3 is 2.65 bits per heavy atom. The Morgan fingerprint density at radius 1 is 1.19 bits per heavy atom. The van der Waals surface area contributed by atoms with E-state index in [4.69, 9.17) is 0 Å². The van der Waals surface area contributed by atoms with Crippen LogP contribution in [-0.2, 0) is 17.6 Å². The molecule has 2 aromatic rings. The van der Waals surface area contributed by atoms with E-state index in [-0.39, 0.29) is 11.5 Å². The van der Waals surface area contributed by atoms with Crippen molar-refractivity contribution in [2.45, 2.75) is 33.6 Å². The molecule has 0 fully saturated rings. The number of carbonyl (C=O) groups is 1. The molecule has 0 bridgehead atoms. The molecular weight excluding hydrogens is 322 g/mol. The Bertz CT molecular complexity index is 847. The summed E-state index contributed by atoms with van der Waals surface area (Å²) in [6.45, 7) is 6.71. The van der Waals surface area contributed by atoms with E-state index in [0.29, 0.717) is 6.54 Å². The van der Waals surface area contributed by atoms with Crippen LogP contribution >= 0.6 is 0 Å². The summed E-state index contributed by atoms with van der Waals surface area (Å²) in [5, 5.41) is 15.2. The van der Waals surface area contributed by atoms with Crippen LogP contribution in [0.3, 0.4) is 0 Å². The standard InChI is InChI=1S/C22H25N3O/c1-4-19-10-6-8-17(3)21(19)25-22(26)20(14-23)15-24-12-11-18-9-5-7-16(2)13-18/h5-10,13,15,24H,4,11-12H2,1-3H3,(H,25,26)/b20-15-. The maximum absolute atomic E-state index is 12.4. The second-order valence-electron chi connectivity index (χ2n) is 6.28. The predicted molar refractivity (Wildman–Crippen MR) is 106 cm³/mol. The van der Waals surface area contributed by atoms with Crippen molar-refractivity contribution in [1.82, 2.24) is 5.32 Å². The number of nitrogens with one attached hydrogen (secondary N) is 2. The normalized spacial score (nSPS) is 10.9. The van der Waals surface area contributed by atoms with Crippen LogP contribution in [-0.4, -0.2) is 12.5 Å². The van der Waals surface area contributed by atoms with Crippen molar-refractivity contribution in [2.24, 2.45) is 0 Å². The molecule has 0 heterocycles. The van der Waals surface area contributed by atoms with Gasteiger partial charge in [-0.2, -0.15) is 5.26 Å². The van der Waals surface area contributed by atoms with Crippen LogP contribution in [0.1, 0.15) is 29.2 Å². The van der Waals surface area contributed by atoms with Crippen LogP contribution in [0.5, 0.6) is 0 Å². The molecule has 0 atom stereocenters. The number of aryl methyl sites for hydroxylation is 3. The van der Waals surface area contributed by atoms with Gasteiger partial charge in [-0.05, 0) is 43.4 Å². The van der Waals surface area contributed by atoms with E-state index in [1.165, 1.54) is 17.3 Å². The van der Waals surface area contributed by atoms with Gasteiger partial charge in [0.2, 0.25) is 0 Å². The highest BCUT2D eigenvalue weighted by Crippen LogP contribution is 2.21. The van der Waals surface area contributed by atoms with Crippen molar-refractivity contribution in [3.8, 4) is 6.07 Å². The molecule has 0 aliphatic heterocycles. The number of rotatable bonds is 7. The summed E-state index contributed by atoms with van der Waals surface area (Å²) in [6.07, 6.45) is 3.14. The van der Waals surface area contributed by atoms with Gasteiger partial charge in [0.05, 0.1) is 0 Å². The fourth-order valence-corrected chi connectivity index (χ4v) is 2.79. The first-order valence-electron chi connectivity index (χ1n) is 8.84. The molecule has 2 N–H and O–H groups in total. The third-order valence-electron chi connectivity index (χ3n) is 4.23. The van der Waals surface area contributed by atoms with Gasteiger partial charge in [0, 0.05) is 18.4 Å². The smallest absolute Gasteiger partial charge is 0.267 e. The molecule has 0 aromatic heterocycles. The monoisotopic (exact) mass is 347 g/mol. The number of amides is 1. The lowest BCUT2D eigenvalue weighted by Gasteiger charge is -2.12. The van der Waals surface area contributed by atoms with Gasteiger partial charge in [-0.1, -0.05) is 55.0 Å². The third-order valence-corrected chi connectivity index (χ3v) is 4.23. The van der Waals surface area contributed by atoms with Crippen molar-refractivity contribution >= 4 is 11.6 Å². The molecule has 2 rings (SSSR count). The van der Waals surface area contributed by atoms with Crippen LogP contribution in [0, 0.1) is 25.2 Å². The SMILES string of the molecule is CCc1cccc(C)c1NC(=O)/C(C#N)=C\NCCc1cccc(C)c1. The van der Waals surface area contributed by atoms with Crippen molar-refractivity contribution in [1.29, 1.82) is 5.26 Å². The number of hydrogen-bond acceptors (Lipinski definition) is 3. The third kappa shape index (κ3) is 5.22. The van der Waals surface area contributed by atoms with Gasteiger partial charge in [-0.25, -0.2) is 0 Å². The zero-order valence-corrected chi connectivity index (χ0v) is 15.6. The molecule has 0 aliphatic rings. The fraction of sp³-hybridized carbons (Fsp3) is 0.273. The zero-order valence-electron chi connectivity index (χ0n) is 15.6. The van der Waals surface area contributed by atoms with Crippen molar-refractivity contribution < 1.29 is 4.79 Å². The number of benzene rings is 2. The van der Waals surface area contributed by atoms with Gasteiger partial charge in [0.25, 0.3) is 5.91 Å². The average molecular weight is 347 g/mol. The lowest BCUT2D eigenvalue weighted by atomic mass is 10.1. The van der Waals surface area contributed by atoms with Gasteiger partial charge >= 0.3 is 0 Å². The largest absolute Gasteiger partial charge is 0.389 e. The van der Waals surface area contributed by atoms with Crippen LogP contribution in [0.2, 0.25) is 0 Å². The summed E-state index contributed by atoms with van der Waals surface area (Å²) in [5.74, 6) is -0.389. The Morgan fingerprint density at radius 2 is 1.96 bits per heavy atom. The number of nitriles is 1. The molecule has 0 spiro atoms. The quantitative estimate of drug-likeness (QED) is 0.451. The second kappa shape index (κ2) is 9.43. The summed E-state index contributed by atoms with van der Waals surface area (Å²) in [4.78, 5) is 12.4. The van der Waals surface area contributed by atoms with E-state index in [1.54, 1.807) is 0 Å². The van der Waals surface area contributed by atoms with E-state index in [0.717, 1.165) is 29.7 Å². The summed E-state index contributed by atoms with van der Waals surface area (Å²) in [5.41, 5.74) is 5.35. The molecule has 26 heavy (non-hydrogen) atoms. The van der Waals surface area contributed by atoms with Crippen LogP contribution in [0.4, 0.5) is 5.69 Å². The Hall–Kier alpha value is -3.06. The summed E-state index contributed by atoms with van der Waals surface area (Å²) < 4.78 is 0. The Labute approximate surface area is 155 Å². The minimum atomic E-state index is -0.389. The van der Waals surface area contributed by atoms with E-state index >= 15 is 0 Å². The molecule has 0 radical (unpaired) electrons. The number of carbonyl (C=O) groups excluding carboxylic acids is 1. The average Bonchev–Trinajstić information content (AvgIpc) is 2.63. The Kier molecular flexibility index (Phi) is 6.99. The van der Waals surface area contributed by atoms with Gasteiger partial charge < -0.3 is 10.6 Å². The first-order chi connectivity index (χ1) is 12.5. The summed E-state index contributed by atoms with van der Waals surface area (Å²) in [6, 6.07) is 16.2. The molecule has 4 nitrogen and oxygen atoms in total. The van der Waals surface area contributed by atoms with E-state index in [2.05, 4.69) is 35.8 Å². The van der Waals surface area contributed by atoms with Crippen molar-refractivity contribution in [3.05, 3.63) is 76.5 Å². The van der Waals surface area contributed by atoms with E-state index in [9.17, 15) is 10.1 Å². The van der Waals surface area contributed by atoms with Crippen LogP contribution < -0.4 is 10.6 Å². The number of nitrogens with zero attached hydrogens (tertiary/aromatic N) is 1. The fourth-order valence-electron chi connectivity index (χ4n) is 2.79. The molecular formula is C22H25N3O. The molecule has 134 valence electrons. The second-order valence-corrected chi connectivity index (χ2v) is 6.28. The lowest BCUT2D eigenvalue weighted by Crippen LogP contribution is -2.19. The lowest BCUT2D eigenvalue weighted by molar-refractivity contribution is -0.112. The maximum atomic E-state index is 12.4. The van der Waals surface area contributed by atoms with E-state index < -0.39 is 0 Å². The topological polar surface area (TPSA) is 64.9 Å². The zero-order chi connectivity index (χ0) is 18.9. The van der Waals surface area contributed by atoms with Gasteiger partial charge in [0.1, 0.15) is 11.6 Å². The highest BCUT2D eigenvalue weighted by molar-refractivity contribution is 6.07. The van der Waals surface area contributed by atoms with Crippen LogP contribution in [0.25, 0.3) is 0 Å². The van der Waals surface area contributed by atoms with Crippen LogP contribution in [0.15, 0.2) is 54.2 Å².